The van der Waals surface area contributed by atoms with E-state index in [4.69, 9.17) is 10.1 Å². The lowest BCUT2D eigenvalue weighted by Gasteiger charge is -2.21. The van der Waals surface area contributed by atoms with Gasteiger partial charge >= 0.3 is 0 Å². The smallest absolute Gasteiger partial charge is 0.124 e. The van der Waals surface area contributed by atoms with Gasteiger partial charge in [0, 0.05) is 51.8 Å². The van der Waals surface area contributed by atoms with Crippen LogP contribution in [0.4, 0.5) is 0 Å². The van der Waals surface area contributed by atoms with E-state index in [0.29, 0.717) is 0 Å². The van der Waals surface area contributed by atoms with E-state index in [2.05, 4.69) is 83.5 Å². The fourth-order valence-electron chi connectivity index (χ4n) is 3.62. The minimum absolute atomic E-state index is 0.766. The quantitative estimate of drug-likeness (QED) is 0.155. The number of likely N-dealkylation sites (N-methyl/N-ethyl adjacent to an activating group) is 2. The first-order chi connectivity index (χ1) is 20.5. The number of nitrogens with one attached hydrogen (secondary N) is 1. The Hall–Kier alpha value is -3.42. The highest BCUT2D eigenvalue weighted by Gasteiger charge is 2.13. The molecular weight excluding hydrogens is 520 g/mol. The van der Waals surface area contributed by atoms with E-state index >= 15 is 0 Å². The molecule has 0 radical (unpaired) electrons. The van der Waals surface area contributed by atoms with Crippen molar-refractivity contribution in [3.63, 3.8) is 0 Å². The van der Waals surface area contributed by atoms with Crippen LogP contribution in [0.2, 0.25) is 0 Å². The summed E-state index contributed by atoms with van der Waals surface area (Å²) in [5.41, 5.74) is 3.33. The third kappa shape index (κ3) is 18.1. The molecule has 1 aromatic carbocycles. The van der Waals surface area contributed by atoms with Gasteiger partial charge in [0.25, 0.3) is 0 Å². The number of imidazole rings is 1. The molecule has 2 N–H and O–H groups in total. The first kappa shape index (κ1) is 40.7. The van der Waals surface area contributed by atoms with E-state index in [1.165, 1.54) is 5.56 Å². The van der Waals surface area contributed by atoms with Crippen LogP contribution in [0.1, 0.15) is 84.6 Å². The molecule has 0 unspecified atom stereocenters. The molecule has 0 saturated carbocycles. The number of aromatic nitrogens is 2. The van der Waals surface area contributed by atoms with E-state index in [9.17, 15) is 0 Å². The average molecular weight is 581 g/mol. The number of aliphatic imine (C=N–C) groups is 1. The van der Waals surface area contributed by atoms with Crippen molar-refractivity contribution in [1.82, 2.24) is 24.7 Å². The number of hydrogen-bond donors (Lipinski definition) is 2. The van der Waals surface area contributed by atoms with Crippen molar-refractivity contribution in [1.29, 1.82) is 0 Å². The van der Waals surface area contributed by atoms with Crippen molar-refractivity contribution < 1.29 is 5.11 Å². The summed E-state index contributed by atoms with van der Waals surface area (Å²) in [6.45, 7) is 26.5. The predicted octanol–water partition coefficient (Wildman–Crippen LogP) is 8.03. The number of aliphatic hydroxyl groups is 1. The maximum atomic E-state index is 8.62. The van der Waals surface area contributed by atoms with Crippen molar-refractivity contribution in [2.45, 2.75) is 74.9 Å². The summed E-state index contributed by atoms with van der Waals surface area (Å²) >= 11 is 0. The number of rotatable bonds is 16. The molecule has 2 aromatic rings. The topological polar surface area (TPSA) is 68.9 Å². The van der Waals surface area contributed by atoms with Gasteiger partial charge < -0.3 is 19.9 Å². The molecule has 0 bridgehead atoms. The molecule has 0 atom stereocenters. The van der Waals surface area contributed by atoms with Crippen molar-refractivity contribution in [3.8, 4) is 0 Å². The van der Waals surface area contributed by atoms with Crippen molar-refractivity contribution >= 4 is 18.4 Å². The summed E-state index contributed by atoms with van der Waals surface area (Å²) < 4.78 is 2.26. The molecule has 7 heteroatoms. The number of benzene rings is 1. The Balaban J connectivity index is 0. The normalized spacial score (nSPS) is 10.9. The minimum atomic E-state index is 0.766. The molecule has 1 heterocycles. The molecule has 2 rings (SSSR count). The van der Waals surface area contributed by atoms with Gasteiger partial charge in [-0.05, 0) is 44.1 Å². The summed E-state index contributed by atoms with van der Waals surface area (Å²) in [6, 6.07) is 10.5. The van der Waals surface area contributed by atoms with Gasteiger partial charge in [-0.15, -0.1) is 0 Å². The third-order valence-corrected chi connectivity index (χ3v) is 5.73. The lowest BCUT2D eigenvalue weighted by molar-refractivity contribution is 0.280. The zero-order valence-electron chi connectivity index (χ0n) is 28.1. The zero-order valence-corrected chi connectivity index (χ0v) is 28.1. The average Bonchev–Trinajstić information content (AvgIpc) is 3.36. The van der Waals surface area contributed by atoms with Gasteiger partial charge in [-0.2, -0.15) is 0 Å². The summed E-state index contributed by atoms with van der Waals surface area (Å²) in [5, 5.41) is 12.0. The van der Waals surface area contributed by atoms with Gasteiger partial charge in [-0.25, -0.2) is 4.98 Å². The molecule has 0 aliphatic heterocycles. The number of aliphatic hydroxyl groups excluding tert-OH is 1. The minimum Gasteiger partial charge on any atom is -0.514 e. The molecule has 0 saturated heterocycles. The molecule has 0 aliphatic carbocycles. The maximum absolute atomic E-state index is 8.62. The number of nitrogens with zero attached hydrogens (tertiary/aromatic N) is 5. The highest BCUT2D eigenvalue weighted by atomic mass is 16.2. The first-order valence-electron chi connectivity index (χ1n) is 15.5. The maximum Gasteiger partial charge on any atom is 0.124 e. The molecule has 0 aliphatic rings. The Bertz CT molecular complexity index is 1010. The van der Waals surface area contributed by atoms with Crippen molar-refractivity contribution in [2.24, 2.45) is 4.99 Å². The Morgan fingerprint density at radius 1 is 1.07 bits per heavy atom. The lowest BCUT2D eigenvalue weighted by Crippen LogP contribution is -2.31. The highest BCUT2D eigenvalue weighted by molar-refractivity contribution is 5.60. The Kier molecular flexibility index (Phi) is 28.2. The van der Waals surface area contributed by atoms with E-state index in [1.54, 1.807) is 6.20 Å². The molecule has 42 heavy (non-hydrogen) atoms. The number of hydrogen-bond acceptors (Lipinski definition) is 6. The van der Waals surface area contributed by atoms with Crippen LogP contribution in [0.3, 0.4) is 0 Å². The van der Waals surface area contributed by atoms with Crippen LogP contribution < -0.4 is 5.32 Å². The van der Waals surface area contributed by atoms with Crippen LogP contribution in [-0.2, 0) is 13.1 Å². The molecular formula is C35H60N6O. The van der Waals surface area contributed by atoms with E-state index in [-0.39, 0.29) is 0 Å². The molecule has 0 amide bonds. The molecule has 1 aromatic heterocycles. The Labute approximate surface area is 258 Å². The summed E-state index contributed by atoms with van der Waals surface area (Å²) in [4.78, 5) is 13.1. The van der Waals surface area contributed by atoms with Crippen LogP contribution in [0, 0.1) is 0 Å². The Morgan fingerprint density at radius 3 is 2.31 bits per heavy atom. The Morgan fingerprint density at radius 2 is 1.76 bits per heavy atom. The predicted molar refractivity (Wildman–Crippen MR) is 187 cm³/mol. The third-order valence-electron chi connectivity index (χ3n) is 5.73. The van der Waals surface area contributed by atoms with Crippen LogP contribution in [0.5, 0.6) is 0 Å². The SMILES string of the molecule is C=Cc1nc(CNCC)n(Cc2ccccc2)c1/C=C\C.CC.CC.CCC=N/C=C\CN(CC)CCN(C)C=CO. The fraction of sp³-hybridized carbons (Fsp3) is 0.486. The second-order valence-electron chi connectivity index (χ2n) is 8.65. The largest absolute Gasteiger partial charge is 0.514 e. The highest BCUT2D eigenvalue weighted by Crippen LogP contribution is 2.18. The molecule has 236 valence electrons. The van der Waals surface area contributed by atoms with Gasteiger partial charge in [0.2, 0.25) is 0 Å². The van der Waals surface area contributed by atoms with Gasteiger partial charge in [0.05, 0.1) is 24.2 Å². The van der Waals surface area contributed by atoms with Crippen molar-refractivity contribution in [2.75, 3.05) is 39.8 Å². The molecule has 0 fully saturated rings. The van der Waals surface area contributed by atoms with Crippen molar-refractivity contribution in [3.05, 3.63) is 90.5 Å². The molecule has 0 spiro atoms. The summed E-state index contributed by atoms with van der Waals surface area (Å²) in [7, 11) is 1.95. The molecule has 7 nitrogen and oxygen atoms in total. The summed E-state index contributed by atoms with van der Waals surface area (Å²) in [5.74, 6) is 1.05. The van der Waals surface area contributed by atoms with E-state index in [0.717, 1.165) is 75.7 Å². The first-order valence-corrected chi connectivity index (χ1v) is 15.5. The van der Waals surface area contributed by atoms with Crippen LogP contribution in [0.15, 0.2) is 72.7 Å². The monoisotopic (exact) mass is 580 g/mol. The van der Waals surface area contributed by atoms with Gasteiger partial charge in [0.15, 0.2) is 0 Å². The van der Waals surface area contributed by atoms with E-state index < -0.39 is 0 Å². The van der Waals surface area contributed by atoms with Crippen LogP contribution in [-0.4, -0.2) is 70.4 Å². The number of allylic oxidation sites excluding steroid dienone is 1. The summed E-state index contributed by atoms with van der Waals surface area (Å²) in [6.07, 6.45) is 15.5. The van der Waals surface area contributed by atoms with Crippen LogP contribution >= 0.6 is 0 Å². The van der Waals surface area contributed by atoms with Gasteiger partial charge in [-0.1, -0.05) is 97.5 Å². The standard InChI is InChI=1S/C18H23N3.C13H25N3O.2C2H6/c1-4-10-17-16(5-2)20-18(13-19-6-3)21(17)14-15-11-8-7-9-12-15;1-4-7-14-8-6-9-16(5-2)11-10-15(3)12-13-17;2*1-2/h4-5,7-12,19H,2,6,13-14H2,1,3H3;6-8,12-13,17H,4-5,9-11H2,1-3H3;2*1-2H3/b10-4-;8-6-,13-12?,14-7?;;. The van der Waals surface area contributed by atoms with E-state index in [1.807, 2.05) is 77.2 Å². The van der Waals surface area contributed by atoms with Gasteiger partial charge in [-0.3, -0.25) is 9.89 Å². The second kappa shape index (κ2) is 29.1. The second-order valence-corrected chi connectivity index (χ2v) is 8.65. The van der Waals surface area contributed by atoms with Gasteiger partial charge in [0.1, 0.15) is 5.82 Å². The fourth-order valence-corrected chi connectivity index (χ4v) is 3.62. The zero-order chi connectivity index (χ0) is 32.0. The lowest BCUT2D eigenvalue weighted by atomic mass is 10.2. The van der Waals surface area contributed by atoms with Crippen LogP contribution in [0.25, 0.3) is 12.2 Å².